The van der Waals surface area contributed by atoms with Crippen molar-refractivity contribution in [1.29, 1.82) is 0 Å². The van der Waals surface area contributed by atoms with E-state index in [0.29, 0.717) is 5.92 Å². The average molecular weight is 287 g/mol. The summed E-state index contributed by atoms with van der Waals surface area (Å²) in [6.45, 7) is 7.27. The van der Waals surface area contributed by atoms with Gasteiger partial charge in [-0.3, -0.25) is 0 Å². The summed E-state index contributed by atoms with van der Waals surface area (Å²) in [5.74, 6) is 1.58. The number of rotatable bonds is 8. The molecular formula is C17H25N3O. The largest absolute Gasteiger partial charge is 0.497 e. The van der Waals surface area contributed by atoms with Gasteiger partial charge in [-0.05, 0) is 36.6 Å². The molecule has 0 saturated heterocycles. The van der Waals surface area contributed by atoms with Crippen molar-refractivity contribution in [3.63, 3.8) is 0 Å². The van der Waals surface area contributed by atoms with E-state index >= 15 is 0 Å². The third-order valence-electron chi connectivity index (χ3n) is 3.43. The number of ether oxygens (including phenoxy) is 1. The van der Waals surface area contributed by atoms with Crippen molar-refractivity contribution >= 4 is 0 Å². The molecule has 0 amide bonds. The van der Waals surface area contributed by atoms with Crippen LogP contribution in [-0.4, -0.2) is 23.2 Å². The van der Waals surface area contributed by atoms with Crippen molar-refractivity contribution in [2.75, 3.05) is 13.7 Å². The fourth-order valence-electron chi connectivity index (χ4n) is 2.26. The molecule has 4 nitrogen and oxygen atoms in total. The van der Waals surface area contributed by atoms with Crippen molar-refractivity contribution in [3.8, 4) is 5.75 Å². The number of benzene rings is 1. The molecule has 0 fully saturated rings. The van der Waals surface area contributed by atoms with Gasteiger partial charge in [-0.25, -0.2) is 4.98 Å². The Morgan fingerprint density at radius 2 is 2.19 bits per heavy atom. The zero-order chi connectivity index (χ0) is 15.1. The molecule has 0 aliphatic heterocycles. The molecule has 0 aliphatic carbocycles. The molecule has 2 aromatic rings. The lowest BCUT2D eigenvalue weighted by atomic mass is 10.1. The number of aromatic nitrogens is 2. The van der Waals surface area contributed by atoms with Gasteiger partial charge in [-0.15, -0.1) is 0 Å². The molecule has 114 valence electrons. The third kappa shape index (κ3) is 4.90. The van der Waals surface area contributed by atoms with Gasteiger partial charge in [0.05, 0.1) is 19.1 Å². The minimum atomic E-state index is 0.665. The van der Waals surface area contributed by atoms with Gasteiger partial charge >= 0.3 is 0 Å². The van der Waals surface area contributed by atoms with E-state index in [1.807, 2.05) is 24.7 Å². The summed E-state index contributed by atoms with van der Waals surface area (Å²) in [6, 6.07) is 8.24. The van der Waals surface area contributed by atoms with Crippen LogP contribution < -0.4 is 10.1 Å². The predicted octanol–water partition coefficient (Wildman–Crippen LogP) is 2.88. The normalized spacial score (nSPS) is 11.0. The van der Waals surface area contributed by atoms with Crippen molar-refractivity contribution in [2.45, 2.75) is 33.4 Å². The van der Waals surface area contributed by atoms with Crippen LogP contribution in [0.1, 0.15) is 25.1 Å². The van der Waals surface area contributed by atoms with Crippen molar-refractivity contribution in [2.24, 2.45) is 5.92 Å². The molecule has 2 rings (SSSR count). The Balaban J connectivity index is 1.89. The molecule has 0 spiro atoms. The molecule has 0 atom stereocenters. The maximum absolute atomic E-state index is 5.26. The third-order valence-corrected chi connectivity index (χ3v) is 3.43. The van der Waals surface area contributed by atoms with Gasteiger partial charge in [0.1, 0.15) is 5.75 Å². The fraction of sp³-hybridized carbons (Fsp3) is 0.471. The SMILES string of the molecule is COc1cccc(CCn2cncc2CNCC(C)C)c1. The number of nitrogens with one attached hydrogen (secondary N) is 1. The van der Waals surface area contributed by atoms with Crippen molar-refractivity contribution in [1.82, 2.24) is 14.9 Å². The van der Waals surface area contributed by atoms with Gasteiger partial charge in [0.15, 0.2) is 0 Å². The van der Waals surface area contributed by atoms with E-state index in [-0.39, 0.29) is 0 Å². The van der Waals surface area contributed by atoms with Crippen LogP contribution in [0.4, 0.5) is 0 Å². The second-order valence-corrected chi connectivity index (χ2v) is 5.70. The van der Waals surface area contributed by atoms with E-state index in [1.165, 1.54) is 11.3 Å². The lowest BCUT2D eigenvalue weighted by Gasteiger charge is -2.11. The summed E-state index contributed by atoms with van der Waals surface area (Å²) in [6.07, 6.45) is 4.83. The molecule has 1 N–H and O–H groups in total. The van der Waals surface area contributed by atoms with Gasteiger partial charge in [0, 0.05) is 19.3 Å². The Labute approximate surface area is 127 Å². The molecule has 0 unspecified atom stereocenters. The Morgan fingerprint density at radius 1 is 1.33 bits per heavy atom. The second kappa shape index (κ2) is 7.84. The van der Waals surface area contributed by atoms with Gasteiger partial charge in [0.25, 0.3) is 0 Å². The monoisotopic (exact) mass is 287 g/mol. The van der Waals surface area contributed by atoms with Gasteiger partial charge in [0.2, 0.25) is 0 Å². The summed E-state index contributed by atoms with van der Waals surface area (Å²) in [5.41, 5.74) is 2.52. The number of hydrogen-bond donors (Lipinski definition) is 1. The Kier molecular flexibility index (Phi) is 5.81. The first kappa shape index (κ1) is 15.6. The van der Waals surface area contributed by atoms with Gasteiger partial charge < -0.3 is 14.6 Å². The maximum Gasteiger partial charge on any atom is 0.119 e. The molecule has 21 heavy (non-hydrogen) atoms. The predicted molar refractivity (Wildman–Crippen MR) is 85.5 cm³/mol. The first-order chi connectivity index (χ1) is 10.2. The van der Waals surface area contributed by atoms with Crippen molar-refractivity contribution < 1.29 is 4.74 Å². The van der Waals surface area contributed by atoms with Crippen LogP contribution in [0.2, 0.25) is 0 Å². The number of imidazole rings is 1. The number of nitrogens with zero attached hydrogens (tertiary/aromatic N) is 2. The zero-order valence-electron chi connectivity index (χ0n) is 13.2. The van der Waals surface area contributed by atoms with Crippen molar-refractivity contribution in [3.05, 3.63) is 48.0 Å². The lowest BCUT2D eigenvalue weighted by Crippen LogP contribution is -2.21. The van der Waals surface area contributed by atoms with Crippen LogP contribution in [0.15, 0.2) is 36.8 Å². The Morgan fingerprint density at radius 3 is 2.95 bits per heavy atom. The highest BCUT2D eigenvalue weighted by Gasteiger charge is 2.03. The first-order valence-corrected chi connectivity index (χ1v) is 7.51. The van der Waals surface area contributed by atoms with Crippen LogP contribution in [0.3, 0.4) is 0 Å². The van der Waals surface area contributed by atoms with E-state index in [4.69, 9.17) is 4.74 Å². The van der Waals surface area contributed by atoms with Crippen LogP contribution in [0.5, 0.6) is 5.75 Å². The summed E-state index contributed by atoms with van der Waals surface area (Å²) in [5, 5.41) is 3.46. The van der Waals surface area contributed by atoms with Crippen LogP contribution in [0, 0.1) is 5.92 Å². The molecule has 0 saturated carbocycles. The van der Waals surface area contributed by atoms with E-state index in [0.717, 1.165) is 31.8 Å². The molecule has 1 heterocycles. The molecule has 0 radical (unpaired) electrons. The molecular weight excluding hydrogens is 262 g/mol. The minimum absolute atomic E-state index is 0.665. The first-order valence-electron chi connectivity index (χ1n) is 7.51. The highest BCUT2D eigenvalue weighted by Crippen LogP contribution is 2.14. The maximum atomic E-state index is 5.26. The average Bonchev–Trinajstić information content (AvgIpc) is 2.92. The molecule has 4 heteroatoms. The van der Waals surface area contributed by atoms with Crippen LogP contribution >= 0.6 is 0 Å². The molecule has 0 aliphatic rings. The quantitative estimate of drug-likeness (QED) is 0.811. The number of methoxy groups -OCH3 is 1. The lowest BCUT2D eigenvalue weighted by molar-refractivity contribution is 0.414. The van der Waals surface area contributed by atoms with Gasteiger partial charge in [-0.1, -0.05) is 26.0 Å². The summed E-state index contributed by atoms with van der Waals surface area (Å²) >= 11 is 0. The minimum Gasteiger partial charge on any atom is -0.497 e. The van der Waals surface area contributed by atoms with E-state index in [1.54, 1.807) is 7.11 Å². The van der Waals surface area contributed by atoms with Crippen LogP contribution in [0.25, 0.3) is 0 Å². The molecule has 0 bridgehead atoms. The smallest absolute Gasteiger partial charge is 0.119 e. The van der Waals surface area contributed by atoms with Gasteiger partial charge in [-0.2, -0.15) is 0 Å². The summed E-state index contributed by atoms with van der Waals surface area (Å²) < 4.78 is 7.48. The highest BCUT2D eigenvalue weighted by molar-refractivity contribution is 5.28. The number of aryl methyl sites for hydroxylation is 2. The molecule has 1 aromatic carbocycles. The fourth-order valence-corrected chi connectivity index (χ4v) is 2.26. The number of hydrogen-bond acceptors (Lipinski definition) is 3. The Hall–Kier alpha value is -1.81. The van der Waals surface area contributed by atoms with E-state index in [2.05, 4.69) is 40.8 Å². The highest BCUT2D eigenvalue weighted by atomic mass is 16.5. The zero-order valence-corrected chi connectivity index (χ0v) is 13.2. The Bertz CT molecular complexity index is 548. The summed E-state index contributed by atoms with van der Waals surface area (Å²) in [7, 11) is 1.70. The second-order valence-electron chi connectivity index (χ2n) is 5.70. The summed E-state index contributed by atoms with van der Waals surface area (Å²) in [4.78, 5) is 4.26. The van der Waals surface area contributed by atoms with E-state index in [9.17, 15) is 0 Å². The van der Waals surface area contributed by atoms with Crippen LogP contribution in [-0.2, 0) is 19.5 Å². The standard InChI is InChI=1S/C17H25N3O/c1-14(2)10-18-11-16-12-19-13-20(16)8-7-15-5-4-6-17(9-15)21-3/h4-6,9,12-14,18H,7-8,10-11H2,1-3H3. The topological polar surface area (TPSA) is 39.1 Å². The van der Waals surface area contributed by atoms with E-state index < -0.39 is 0 Å². The molecule has 1 aromatic heterocycles.